The van der Waals surface area contributed by atoms with E-state index in [1.807, 2.05) is 0 Å². The molecule has 0 aliphatic carbocycles. The van der Waals surface area contributed by atoms with Gasteiger partial charge in [0.15, 0.2) is 0 Å². The number of carboxylic acids is 1. The van der Waals surface area contributed by atoms with Crippen LogP contribution < -0.4 is 10.7 Å². The molecule has 1 aromatic carbocycles. The number of piperidine rings is 1. The first kappa shape index (κ1) is 13.7. The summed E-state index contributed by atoms with van der Waals surface area (Å²) in [4.78, 5) is 26.3. The number of imidazole rings is 1. The maximum atomic E-state index is 12.3. The molecule has 2 atom stereocenters. The van der Waals surface area contributed by atoms with Crippen molar-refractivity contribution in [2.75, 3.05) is 5.01 Å². The summed E-state index contributed by atoms with van der Waals surface area (Å²) in [5, 5.41) is 11.2. The van der Waals surface area contributed by atoms with Crippen molar-refractivity contribution in [3.05, 3.63) is 34.2 Å². The number of rotatable bonds is 2. The number of nitrogens with one attached hydrogen (secondary N) is 1. The molecule has 2 aromatic rings. The molecule has 1 saturated heterocycles. The minimum atomic E-state index is -0.989. The number of hydrogen-bond acceptors (Lipinski definition) is 3. The summed E-state index contributed by atoms with van der Waals surface area (Å²) >= 11 is 0. The van der Waals surface area contributed by atoms with Crippen LogP contribution >= 0.6 is 0 Å². The molecule has 6 heteroatoms. The van der Waals surface area contributed by atoms with Crippen LogP contribution in [0.1, 0.15) is 43.5 Å². The Bertz CT molecular complexity index is 736. The zero-order chi connectivity index (χ0) is 15.1. The summed E-state index contributed by atoms with van der Waals surface area (Å²) in [5.41, 5.74) is 1.26. The van der Waals surface area contributed by atoms with Crippen molar-refractivity contribution in [1.82, 2.24) is 9.66 Å². The van der Waals surface area contributed by atoms with Gasteiger partial charge in [-0.05, 0) is 51.3 Å². The highest BCUT2D eigenvalue weighted by Gasteiger charge is 2.27. The van der Waals surface area contributed by atoms with Gasteiger partial charge in [-0.2, -0.15) is 0 Å². The third-order valence-electron chi connectivity index (χ3n) is 4.28. The fourth-order valence-electron chi connectivity index (χ4n) is 3.25. The van der Waals surface area contributed by atoms with Gasteiger partial charge < -0.3 is 15.1 Å². The van der Waals surface area contributed by atoms with Crippen LogP contribution in [0.25, 0.3) is 11.0 Å². The number of nitrogens with zero attached hydrogens (tertiary/aromatic N) is 2. The van der Waals surface area contributed by atoms with Gasteiger partial charge in [-0.3, -0.25) is 0 Å². The van der Waals surface area contributed by atoms with E-state index in [4.69, 9.17) is 5.11 Å². The van der Waals surface area contributed by atoms with Crippen LogP contribution in [0.5, 0.6) is 0 Å². The van der Waals surface area contributed by atoms with Gasteiger partial charge in [0.25, 0.3) is 0 Å². The normalized spacial score (nSPS) is 22.7. The Balaban J connectivity index is 2.20. The molecule has 2 unspecified atom stereocenters. The number of carbonyl (C=O) groups is 1. The molecule has 1 fully saturated rings. The van der Waals surface area contributed by atoms with Crippen LogP contribution in [-0.2, 0) is 0 Å². The first-order valence-corrected chi connectivity index (χ1v) is 7.25. The van der Waals surface area contributed by atoms with E-state index in [1.165, 1.54) is 6.07 Å². The molecule has 0 spiro atoms. The van der Waals surface area contributed by atoms with E-state index >= 15 is 0 Å². The standard InChI is InChI=1S/C15H19N3O3/c1-9-4-3-5-10(2)17(9)18-13-8-11(14(19)20)6-7-12(13)16-15(18)21/h6-10H,3-5H2,1-2H3,(H,16,21)(H,19,20). The molecule has 1 aromatic heterocycles. The zero-order valence-electron chi connectivity index (χ0n) is 12.2. The first-order chi connectivity index (χ1) is 9.99. The van der Waals surface area contributed by atoms with E-state index in [-0.39, 0.29) is 23.3 Å². The maximum absolute atomic E-state index is 12.3. The van der Waals surface area contributed by atoms with Gasteiger partial charge in [-0.25, -0.2) is 14.3 Å². The Kier molecular flexibility index (Phi) is 3.23. The Morgan fingerprint density at radius 3 is 2.57 bits per heavy atom. The van der Waals surface area contributed by atoms with Crippen molar-refractivity contribution >= 4 is 17.0 Å². The molecular formula is C15H19N3O3. The van der Waals surface area contributed by atoms with Gasteiger partial charge in [-0.1, -0.05) is 0 Å². The predicted octanol–water partition coefficient (Wildman–Crippen LogP) is 1.93. The van der Waals surface area contributed by atoms with Crippen molar-refractivity contribution in [2.24, 2.45) is 0 Å². The molecule has 1 aliphatic rings. The number of fused-ring (bicyclic) bond motifs is 1. The Morgan fingerprint density at radius 1 is 1.29 bits per heavy atom. The molecule has 3 rings (SSSR count). The minimum absolute atomic E-state index is 0.188. The van der Waals surface area contributed by atoms with Crippen LogP contribution in [0.15, 0.2) is 23.0 Å². The lowest BCUT2D eigenvalue weighted by atomic mass is 10.00. The molecule has 2 N–H and O–H groups in total. The van der Waals surface area contributed by atoms with Gasteiger partial charge in [0.05, 0.1) is 16.6 Å². The number of carboxylic acid groups (broad SMARTS) is 1. The highest BCUT2D eigenvalue weighted by atomic mass is 16.4. The molecule has 112 valence electrons. The van der Waals surface area contributed by atoms with Gasteiger partial charge in [-0.15, -0.1) is 0 Å². The molecule has 6 nitrogen and oxygen atoms in total. The Morgan fingerprint density at radius 2 is 1.95 bits per heavy atom. The summed E-state index contributed by atoms with van der Waals surface area (Å²) in [6, 6.07) is 5.21. The maximum Gasteiger partial charge on any atom is 0.345 e. The predicted molar refractivity (Wildman–Crippen MR) is 80.5 cm³/mol. The average molecular weight is 289 g/mol. The van der Waals surface area contributed by atoms with Crippen molar-refractivity contribution in [3.8, 4) is 0 Å². The fraction of sp³-hybridized carbons (Fsp3) is 0.467. The Labute approximate surface area is 122 Å². The zero-order valence-corrected chi connectivity index (χ0v) is 12.2. The average Bonchev–Trinajstić information content (AvgIpc) is 2.74. The van der Waals surface area contributed by atoms with E-state index in [2.05, 4.69) is 23.8 Å². The van der Waals surface area contributed by atoms with Gasteiger partial charge in [0.1, 0.15) is 0 Å². The van der Waals surface area contributed by atoms with Gasteiger partial charge >= 0.3 is 11.7 Å². The third-order valence-corrected chi connectivity index (χ3v) is 4.28. The molecular weight excluding hydrogens is 270 g/mol. The van der Waals surface area contributed by atoms with Crippen molar-refractivity contribution in [2.45, 2.75) is 45.2 Å². The summed E-state index contributed by atoms with van der Waals surface area (Å²) < 4.78 is 1.61. The number of aromatic amines is 1. The monoisotopic (exact) mass is 289 g/mol. The van der Waals surface area contributed by atoms with Crippen LogP contribution in [0, 0.1) is 0 Å². The lowest BCUT2D eigenvalue weighted by molar-refractivity contribution is 0.0697. The molecule has 1 aliphatic heterocycles. The first-order valence-electron chi connectivity index (χ1n) is 7.25. The van der Waals surface area contributed by atoms with Crippen molar-refractivity contribution < 1.29 is 9.90 Å². The number of aromatic nitrogens is 2. The molecule has 0 bridgehead atoms. The molecule has 0 amide bonds. The van der Waals surface area contributed by atoms with Gasteiger partial charge in [0.2, 0.25) is 0 Å². The number of H-pyrrole nitrogens is 1. The second kappa shape index (κ2) is 4.95. The number of aromatic carboxylic acids is 1. The van der Waals surface area contributed by atoms with E-state index in [1.54, 1.807) is 16.8 Å². The number of hydrogen-bond donors (Lipinski definition) is 2. The molecule has 0 radical (unpaired) electrons. The van der Waals surface area contributed by atoms with E-state index in [0.29, 0.717) is 11.0 Å². The van der Waals surface area contributed by atoms with Crippen LogP contribution in [0.2, 0.25) is 0 Å². The second-order valence-corrected chi connectivity index (χ2v) is 5.79. The van der Waals surface area contributed by atoms with E-state index < -0.39 is 5.97 Å². The topological polar surface area (TPSA) is 78.3 Å². The third kappa shape index (κ3) is 2.20. The quantitative estimate of drug-likeness (QED) is 0.885. The van der Waals surface area contributed by atoms with Crippen molar-refractivity contribution in [1.29, 1.82) is 0 Å². The van der Waals surface area contributed by atoms with Crippen LogP contribution in [0.3, 0.4) is 0 Å². The highest BCUT2D eigenvalue weighted by molar-refractivity contribution is 5.92. The Hall–Kier alpha value is -2.24. The highest BCUT2D eigenvalue weighted by Crippen LogP contribution is 2.23. The fourth-order valence-corrected chi connectivity index (χ4v) is 3.25. The van der Waals surface area contributed by atoms with E-state index in [9.17, 15) is 9.59 Å². The van der Waals surface area contributed by atoms with Crippen LogP contribution in [-0.4, -0.2) is 32.8 Å². The minimum Gasteiger partial charge on any atom is -0.478 e. The number of benzene rings is 1. The van der Waals surface area contributed by atoms with Crippen LogP contribution in [0.4, 0.5) is 0 Å². The molecule has 0 saturated carbocycles. The summed E-state index contributed by atoms with van der Waals surface area (Å²) in [5.74, 6) is -0.989. The molecule has 21 heavy (non-hydrogen) atoms. The molecule has 2 heterocycles. The van der Waals surface area contributed by atoms with E-state index in [0.717, 1.165) is 19.3 Å². The van der Waals surface area contributed by atoms with Gasteiger partial charge in [0, 0.05) is 12.1 Å². The lowest BCUT2D eigenvalue weighted by Gasteiger charge is -2.40. The summed E-state index contributed by atoms with van der Waals surface area (Å²) in [6.45, 7) is 4.20. The summed E-state index contributed by atoms with van der Waals surface area (Å²) in [7, 11) is 0. The second-order valence-electron chi connectivity index (χ2n) is 5.79. The SMILES string of the molecule is CC1CCCC(C)N1n1c(=O)[nH]c2ccc(C(=O)O)cc21. The summed E-state index contributed by atoms with van der Waals surface area (Å²) in [6.07, 6.45) is 3.21. The lowest BCUT2D eigenvalue weighted by Crippen LogP contribution is -2.54. The largest absolute Gasteiger partial charge is 0.478 e. The van der Waals surface area contributed by atoms with Crippen molar-refractivity contribution in [3.63, 3.8) is 0 Å². The smallest absolute Gasteiger partial charge is 0.345 e.